The molecule has 0 aliphatic rings. The van der Waals surface area contributed by atoms with E-state index in [-0.39, 0.29) is 10.6 Å². The van der Waals surface area contributed by atoms with Crippen molar-refractivity contribution in [2.75, 3.05) is 18.9 Å². The Morgan fingerprint density at radius 1 is 1.25 bits per heavy atom. The summed E-state index contributed by atoms with van der Waals surface area (Å²) in [4.78, 5) is 3.95. The van der Waals surface area contributed by atoms with E-state index in [9.17, 15) is 8.42 Å². The van der Waals surface area contributed by atoms with Gasteiger partial charge in [-0.15, -0.1) is 11.3 Å². The molecule has 0 unspecified atom stereocenters. The fourth-order valence-corrected chi connectivity index (χ4v) is 3.79. The molecule has 0 bridgehead atoms. The van der Waals surface area contributed by atoms with Gasteiger partial charge in [-0.05, 0) is 19.1 Å². The Morgan fingerprint density at radius 3 is 2.55 bits per heavy atom. The molecule has 0 aliphatic carbocycles. The van der Waals surface area contributed by atoms with E-state index in [1.165, 1.54) is 37.8 Å². The maximum atomic E-state index is 12.4. The molecule has 0 aliphatic heterocycles. The van der Waals surface area contributed by atoms with Crippen LogP contribution in [-0.4, -0.2) is 27.6 Å². The van der Waals surface area contributed by atoms with Gasteiger partial charge >= 0.3 is 0 Å². The first-order valence-electron chi connectivity index (χ1n) is 5.63. The van der Waals surface area contributed by atoms with Crippen molar-refractivity contribution in [3.63, 3.8) is 0 Å². The molecule has 6 nitrogen and oxygen atoms in total. The maximum absolute atomic E-state index is 12.4. The molecular weight excluding hydrogens is 300 g/mol. The number of thiazole rings is 1. The van der Waals surface area contributed by atoms with Crippen molar-refractivity contribution in [1.82, 2.24) is 4.98 Å². The van der Waals surface area contributed by atoms with E-state index in [4.69, 9.17) is 9.47 Å². The van der Waals surface area contributed by atoms with Crippen molar-refractivity contribution in [3.05, 3.63) is 29.3 Å². The Morgan fingerprint density at radius 2 is 2.00 bits per heavy atom. The highest BCUT2D eigenvalue weighted by molar-refractivity contribution is 7.93. The number of methoxy groups -OCH3 is 2. The van der Waals surface area contributed by atoms with Gasteiger partial charge in [-0.3, -0.25) is 4.72 Å². The second-order valence-electron chi connectivity index (χ2n) is 3.87. The Hall–Kier alpha value is -1.80. The second-order valence-corrected chi connectivity index (χ2v) is 6.41. The molecule has 0 saturated heterocycles. The van der Waals surface area contributed by atoms with Crippen molar-refractivity contribution in [2.45, 2.75) is 11.8 Å². The average molecular weight is 314 g/mol. The highest BCUT2D eigenvalue weighted by Crippen LogP contribution is 2.34. The van der Waals surface area contributed by atoms with E-state index in [0.29, 0.717) is 16.4 Å². The summed E-state index contributed by atoms with van der Waals surface area (Å²) in [7, 11) is -0.818. The maximum Gasteiger partial charge on any atom is 0.267 e. The minimum Gasteiger partial charge on any atom is -0.496 e. The van der Waals surface area contributed by atoms with Crippen molar-refractivity contribution in [1.29, 1.82) is 0 Å². The molecule has 1 aromatic carbocycles. The first-order valence-corrected chi connectivity index (χ1v) is 7.99. The second kappa shape index (κ2) is 5.68. The van der Waals surface area contributed by atoms with Crippen LogP contribution < -0.4 is 14.2 Å². The summed E-state index contributed by atoms with van der Waals surface area (Å²) in [5.74, 6) is 0.823. The van der Waals surface area contributed by atoms with Crippen LogP contribution in [0.4, 0.5) is 5.13 Å². The van der Waals surface area contributed by atoms with Gasteiger partial charge < -0.3 is 9.47 Å². The van der Waals surface area contributed by atoms with E-state index in [1.807, 2.05) is 0 Å². The summed E-state index contributed by atoms with van der Waals surface area (Å²) < 4.78 is 37.5. The van der Waals surface area contributed by atoms with Crippen LogP contribution in [0.1, 0.15) is 5.56 Å². The lowest BCUT2D eigenvalue weighted by Crippen LogP contribution is -2.14. The molecule has 0 spiro atoms. The van der Waals surface area contributed by atoms with Crippen LogP contribution in [0.5, 0.6) is 11.5 Å². The fraction of sp³-hybridized carbons (Fsp3) is 0.250. The van der Waals surface area contributed by atoms with E-state index >= 15 is 0 Å². The van der Waals surface area contributed by atoms with Crippen LogP contribution >= 0.6 is 11.3 Å². The third-order valence-corrected chi connectivity index (χ3v) is 4.87. The van der Waals surface area contributed by atoms with Crippen molar-refractivity contribution >= 4 is 26.5 Å². The number of anilines is 1. The topological polar surface area (TPSA) is 77.5 Å². The lowest BCUT2D eigenvalue weighted by molar-refractivity contribution is 0.380. The summed E-state index contributed by atoms with van der Waals surface area (Å²) in [6.45, 7) is 1.74. The molecule has 0 amide bonds. The summed E-state index contributed by atoms with van der Waals surface area (Å²) >= 11 is 1.20. The average Bonchev–Trinajstić information content (AvgIpc) is 2.90. The lowest BCUT2D eigenvalue weighted by atomic mass is 10.2. The van der Waals surface area contributed by atoms with Gasteiger partial charge in [-0.25, -0.2) is 13.4 Å². The standard InChI is InChI=1S/C12H14N2O4S2/c1-8-9(17-2)4-5-10(11(8)18-3)20(15,16)14-12-13-6-7-19-12/h4-7H,1-3H3,(H,13,14). The zero-order valence-corrected chi connectivity index (χ0v) is 12.8. The molecule has 0 radical (unpaired) electrons. The molecule has 108 valence electrons. The van der Waals surface area contributed by atoms with Crippen molar-refractivity contribution in [2.24, 2.45) is 0 Å². The molecule has 1 aromatic heterocycles. The quantitative estimate of drug-likeness (QED) is 0.916. The van der Waals surface area contributed by atoms with Crippen molar-refractivity contribution < 1.29 is 17.9 Å². The normalized spacial score (nSPS) is 11.2. The van der Waals surface area contributed by atoms with Gasteiger partial charge in [0.05, 0.1) is 14.2 Å². The van der Waals surface area contributed by atoms with E-state index in [2.05, 4.69) is 9.71 Å². The lowest BCUT2D eigenvalue weighted by Gasteiger charge is -2.14. The predicted molar refractivity (Wildman–Crippen MR) is 77.2 cm³/mol. The SMILES string of the molecule is COc1ccc(S(=O)(=O)Nc2nccs2)c(OC)c1C. The minimum absolute atomic E-state index is 0.0495. The van der Waals surface area contributed by atoms with E-state index < -0.39 is 10.0 Å². The minimum atomic E-state index is -3.76. The molecule has 2 aromatic rings. The summed E-state index contributed by atoms with van der Waals surface area (Å²) in [5.41, 5.74) is 0.622. The molecule has 0 saturated carbocycles. The largest absolute Gasteiger partial charge is 0.496 e. The zero-order chi connectivity index (χ0) is 14.8. The first kappa shape index (κ1) is 14.6. The monoisotopic (exact) mass is 314 g/mol. The van der Waals surface area contributed by atoms with Crippen LogP contribution in [0.3, 0.4) is 0 Å². The Labute approximate surface area is 121 Å². The summed E-state index contributed by atoms with van der Waals surface area (Å²) in [6.07, 6.45) is 1.53. The molecule has 2 rings (SSSR count). The summed E-state index contributed by atoms with van der Waals surface area (Å²) in [6, 6.07) is 3.04. The van der Waals surface area contributed by atoms with Gasteiger partial charge in [-0.1, -0.05) is 0 Å². The number of benzene rings is 1. The summed E-state index contributed by atoms with van der Waals surface area (Å²) in [5, 5.41) is 1.99. The number of rotatable bonds is 5. The molecule has 20 heavy (non-hydrogen) atoms. The molecule has 1 heterocycles. The Balaban J connectivity index is 2.49. The van der Waals surface area contributed by atoms with Crippen LogP contribution in [0.2, 0.25) is 0 Å². The fourth-order valence-electron chi connectivity index (χ4n) is 1.78. The number of sulfonamides is 1. The van der Waals surface area contributed by atoms with Gasteiger partial charge in [0.15, 0.2) is 5.13 Å². The van der Waals surface area contributed by atoms with Gasteiger partial charge in [-0.2, -0.15) is 0 Å². The Bertz CT molecular complexity index is 696. The third-order valence-electron chi connectivity index (χ3n) is 2.69. The molecule has 0 atom stereocenters. The first-order chi connectivity index (χ1) is 9.49. The molecular formula is C12H14N2O4S2. The number of hydrogen-bond acceptors (Lipinski definition) is 6. The van der Waals surface area contributed by atoms with Gasteiger partial charge in [0.25, 0.3) is 10.0 Å². The van der Waals surface area contributed by atoms with Crippen LogP contribution in [0.15, 0.2) is 28.6 Å². The number of nitrogens with zero attached hydrogens (tertiary/aromatic N) is 1. The molecule has 1 N–H and O–H groups in total. The number of hydrogen-bond donors (Lipinski definition) is 1. The molecule has 0 fully saturated rings. The third kappa shape index (κ3) is 2.70. The molecule has 8 heteroatoms. The van der Waals surface area contributed by atoms with Gasteiger partial charge in [0.1, 0.15) is 16.4 Å². The predicted octanol–water partition coefficient (Wildman–Crippen LogP) is 2.27. The highest BCUT2D eigenvalue weighted by atomic mass is 32.2. The Kier molecular flexibility index (Phi) is 4.15. The zero-order valence-electron chi connectivity index (χ0n) is 11.2. The van der Waals surface area contributed by atoms with Crippen LogP contribution in [0.25, 0.3) is 0 Å². The number of aromatic nitrogens is 1. The van der Waals surface area contributed by atoms with Crippen LogP contribution in [-0.2, 0) is 10.0 Å². The van der Waals surface area contributed by atoms with E-state index in [0.717, 1.165) is 0 Å². The highest BCUT2D eigenvalue weighted by Gasteiger charge is 2.23. The van der Waals surface area contributed by atoms with Crippen LogP contribution in [0, 0.1) is 6.92 Å². The number of nitrogens with one attached hydrogen (secondary N) is 1. The van der Waals surface area contributed by atoms with Gasteiger partial charge in [0, 0.05) is 17.1 Å². The smallest absolute Gasteiger partial charge is 0.267 e. The number of ether oxygens (including phenoxy) is 2. The van der Waals surface area contributed by atoms with Crippen molar-refractivity contribution in [3.8, 4) is 11.5 Å². The van der Waals surface area contributed by atoms with E-state index in [1.54, 1.807) is 18.4 Å². The van der Waals surface area contributed by atoms with Gasteiger partial charge in [0.2, 0.25) is 0 Å².